The number of anilines is 1. The SMILES string of the molecule is O=C1CSC(c2cc3ccccc3nc2Cl)N1c1nc2ccccc2s1. The summed E-state index contributed by atoms with van der Waals surface area (Å²) in [5.41, 5.74) is 2.60. The quantitative estimate of drug-likeness (QED) is 0.432. The first-order valence-electron chi connectivity index (χ1n) is 8.05. The number of benzene rings is 2. The molecule has 128 valence electrons. The Morgan fingerprint density at radius 3 is 2.65 bits per heavy atom. The summed E-state index contributed by atoms with van der Waals surface area (Å²) in [5, 5.41) is 1.93. The minimum absolute atomic E-state index is 0.0447. The lowest BCUT2D eigenvalue weighted by molar-refractivity contribution is -0.115. The Balaban J connectivity index is 1.63. The standard InChI is InChI=1S/C19H12ClN3OS2/c20-17-12(9-11-5-1-2-6-13(11)21-17)18-23(16(24)10-25-18)19-22-14-7-3-4-8-15(14)26-19/h1-9,18H,10H2. The molecule has 4 aromatic rings. The van der Waals surface area contributed by atoms with Crippen LogP contribution in [0, 0.1) is 0 Å². The number of halogens is 1. The van der Waals surface area contributed by atoms with E-state index in [-0.39, 0.29) is 11.3 Å². The number of carbonyl (C=O) groups excluding carboxylic acids is 1. The number of thiazole rings is 1. The molecule has 0 N–H and O–H groups in total. The summed E-state index contributed by atoms with van der Waals surface area (Å²) >= 11 is 9.56. The fraction of sp³-hybridized carbons (Fsp3) is 0.105. The third-order valence-electron chi connectivity index (χ3n) is 4.33. The Kier molecular flexibility index (Phi) is 3.85. The molecule has 0 bridgehead atoms. The van der Waals surface area contributed by atoms with Crippen LogP contribution in [-0.4, -0.2) is 21.6 Å². The molecule has 1 unspecified atom stereocenters. The molecule has 3 heterocycles. The fourth-order valence-corrected chi connectivity index (χ4v) is 5.66. The van der Waals surface area contributed by atoms with Crippen molar-refractivity contribution >= 4 is 66.9 Å². The minimum Gasteiger partial charge on any atom is -0.273 e. The third kappa shape index (κ3) is 2.57. The summed E-state index contributed by atoms with van der Waals surface area (Å²) in [5.74, 6) is 0.451. The highest BCUT2D eigenvalue weighted by atomic mass is 35.5. The molecule has 1 fully saturated rings. The van der Waals surface area contributed by atoms with Gasteiger partial charge in [0, 0.05) is 10.9 Å². The molecule has 1 atom stereocenters. The zero-order valence-electron chi connectivity index (χ0n) is 13.4. The van der Waals surface area contributed by atoms with Crippen molar-refractivity contribution in [2.24, 2.45) is 0 Å². The molecular formula is C19H12ClN3OS2. The minimum atomic E-state index is -0.215. The Hall–Kier alpha value is -2.15. The van der Waals surface area contributed by atoms with Crippen LogP contribution in [0.5, 0.6) is 0 Å². The van der Waals surface area contributed by atoms with E-state index in [0.717, 1.165) is 26.7 Å². The van der Waals surface area contributed by atoms with Crippen molar-refractivity contribution in [2.75, 3.05) is 10.7 Å². The first kappa shape index (κ1) is 16.1. The zero-order valence-corrected chi connectivity index (χ0v) is 15.8. The number of aromatic nitrogens is 2. The second kappa shape index (κ2) is 6.23. The molecule has 7 heteroatoms. The average molecular weight is 398 g/mol. The van der Waals surface area contributed by atoms with Crippen molar-refractivity contribution in [1.29, 1.82) is 0 Å². The number of hydrogen-bond donors (Lipinski definition) is 0. The van der Waals surface area contributed by atoms with Crippen LogP contribution in [0.4, 0.5) is 5.13 Å². The highest BCUT2D eigenvalue weighted by Gasteiger charge is 2.37. The molecule has 26 heavy (non-hydrogen) atoms. The zero-order chi connectivity index (χ0) is 17.7. The summed E-state index contributed by atoms with van der Waals surface area (Å²) in [7, 11) is 0. The second-order valence-electron chi connectivity index (χ2n) is 5.95. The molecule has 2 aromatic heterocycles. The maximum Gasteiger partial charge on any atom is 0.240 e. The van der Waals surface area contributed by atoms with Gasteiger partial charge < -0.3 is 0 Å². The Morgan fingerprint density at radius 2 is 1.81 bits per heavy atom. The molecule has 1 amide bonds. The molecule has 0 radical (unpaired) electrons. The molecule has 0 spiro atoms. The van der Waals surface area contributed by atoms with E-state index < -0.39 is 0 Å². The molecule has 2 aromatic carbocycles. The second-order valence-corrected chi connectivity index (χ2v) is 8.39. The normalized spacial score (nSPS) is 17.5. The van der Waals surface area contributed by atoms with Gasteiger partial charge in [-0.2, -0.15) is 0 Å². The van der Waals surface area contributed by atoms with Gasteiger partial charge in [0.2, 0.25) is 5.91 Å². The van der Waals surface area contributed by atoms with Crippen LogP contribution >= 0.6 is 34.7 Å². The number of hydrogen-bond acceptors (Lipinski definition) is 5. The van der Waals surface area contributed by atoms with Crippen LogP contribution in [-0.2, 0) is 4.79 Å². The van der Waals surface area contributed by atoms with Gasteiger partial charge in [0.1, 0.15) is 10.5 Å². The van der Waals surface area contributed by atoms with E-state index in [2.05, 4.69) is 9.97 Å². The van der Waals surface area contributed by atoms with Crippen molar-refractivity contribution in [2.45, 2.75) is 5.37 Å². The smallest absolute Gasteiger partial charge is 0.240 e. The van der Waals surface area contributed by atoms with Crippen molar-refractivity contribution in [3.05, 3.63) is 65.3 Å². The topological polar surface area (TPSA) is 46.1 Å². The monoisotopic (exact) mass is 397 g/mol. The van der Waals surface area contributed by atoms with E-state index in [0.29, 0.717) is 16.0 Å². The number of thioether (sulfide) groups is 1. The van der Waals surface area contributed by atoms with E-state index in [1.54, 1.807) is 16.7 Å². The number of para-hydroxylation sites is 2. The van der Waals surface area contributed by atoms with Crippen LogP contribution in [0.3, 0.4) is 0 Å². The third-order valence-corrected chi connectivity index (χ3v) is 6.86. The van der Waals surface area contributed by atoms with Crippen LogP contribution in [0.2, 0.25) is 5.15 Å². The summed E-state index contributed by atoms with van der Waals surface area (Å²) < 4.78 is 1.06. The van der Waals surface area contributed by atoms with Gasteiger partial charge in [0.25, 0.3) is 0 Å². The average Bonchev–Trinajstić information content (AvgIpc) is 3.24. The molecule has 0 aliphatic carbocycles. The molecule has 1 aliphatic heterocycles. The van der Waals surface area contributed by atoms with Crippen LogP contribution < -0.4 is 4.90 Å². The van der Waals surface area contributed by atoms with Gasteiger partial charge in [-0.25, -0.2) is 9.97 Å². The predicted octanol–water partition coefficient (Wildman–Crippen LogP) is 5.28. The lowest BCUT2D eigenvalue weighted by Crippen LogP contribution is -2.27. The van der Waals surface area contributed by atoms with Gasteiger partial charge in [-0.15, -0.1) is 11.8 Å². The predicted molar refractivity (Wildman–Crippen MR) is 109 cm³/mol. The molecule has 1 saturated heterocycles. The fourth-order valence-electron chi connectivity index (χ4n) is 3.11. The Labute approximate surface area is 162 Å². The molecule has 1 aliphatic rings. The maximum atomic E-state index is 12.6. The number of pyridine rings is 1. The summed E-state index contributed by atoms with van der Waals surface area (Å²) in [6, 6.07) is 17.8. The number of carbonyl (C=O) groups is 1. The van der Waals surface area contributed by atoms with Gasteiger partial charge >= 0.3 is 0 Å². The van der Waals surface area contributed by atoms with E-state index in [1.165, 1.54) is 11.3 Å². The number of rotatable bonds is 2. The van der Waals surface area contributed by atoms with Gasteiger partial charge in [0.15, 0.2) is 5.13 Å². The Bertz CT molecular complexity index is 1130. The summed E-state index contributed by atoms with van der Waals surface area (Å²) in [6.07, 6.45) is 0. The molecule has 0 saturated carbocycles. The maximum absolute atomic E-state index is 12.6. The van der Waals surface area contributed by atoms with Crippen LogP contribution in [0.1, 0.15) is 10.9 Å². The molecule has 5 rings (SSSR count). The largest absolute Gasteiger partial charge is 0.273 e. The number of nitrogens with zero attached hydrogens (tertiary/aromatic N) is 3. The van der Waals surface area contributed by atoms with E-state index >= 15 is 0 Å². The van der Waals surface area contributed by atoms with Crippen molar-refractivity contribution < 1.29 is 4.79 Å². The van der Waals surface area contributed by atoms with Crippen LogP contribution in [0.25, 0.3) is 21.1 Å². The lowest BCUT2D eigenvalue weighted by Gasteiger charge is -2.22. The van der Waals surface area contributed by atoms with Gasteiger partial charge in [-0.3, -0.25) is 9.69 Å². The van der Waals surface area contributed by atoms with E-state index in [1.807, 2.05) is 54.6 Å². The lowest BCUT2D eigenvalue weighted by atomic mass is 10.1. The van der Waals surface area contributed by atoms with Gasteiger partial charge in [-0.1, -0.05) is 53.3 Å². The van der Waals surface area contributed by atoms with E-state index in [9.17, 15) is 4.79 Å². The first-order chi connectivity index (χ1) is 12.7. The van der Waals surface area contributed by atoms with Crippen molar-refractivity contribution in [1.82, 2.24) is 9.97 Å². The summed E-state index contributed by atoms with van der Waals surface area (Å²) in [4.78, 5) is 23.5. The molecular weight excluding hydrogens is 386 g/mol. The van der Waals surface area contributed by atoms with Gasteiger partial charge in [0.05, 0.1) is 21.5 Å². The molecule has 4 nitrogen and oxygen atoms in total. The summed E-state index contributed by atoms with van der Waals surface area (Å²) in [6.45, 7) is 0. The number of fused-ring (bicyclic) bond motifs is 2. The van der Waals surface area contributed by atoms with Crippen molar-refractivity contribution in [3.63, 3.8) is 0 Å². The highest BCUT2D eigenvalue weighted by molar-refractivity contribution is 8.00. The highest BCUT2D eigenvalue weighted by Crippen LogP contribution is 2.46. The van der Waals surface area contributed by atoms with Crippen molar-refractivity contribution in [3.8, 4) is 0 Å². The van der Waals surface area contributed by atoms with Crippen LogP contribution in [0.15, 0.2) is 54.6 Å². The first-order valence-corrected chi connectivity index (χ1v) is 10.3. The number of amides is 1. The Morgan fingerprint density at radius 1 is 1.04 bits per heavy atom. The van der Waals surface area contributed by atoms with E-state index in [4.69, 9.17) is 11.6 Å². The van der Waals surface area contributed by atoms with Gasteiger partial charge in [-0.05, 0) is 24.3 Å².